The number of pyridine rings is 2. The summed E-state index contributed by atoms with van der Waals surface area (Å²) < 4.78 is 0. The highest BCUT2D eigenvalue weighted by Crippen LogP contribution is 2.16. The molecular weight excluding hydrogens is 238 g/mol. The van der Waals surface area contributed by atoms with Gasteiger partial charge in [0.25, 0.3) is 0 Å². The third-order valence-electron chi connectivity index (χ3n) is 2.75. The predicted molar refractivity (Wildman–Crippen MR) is 74.4 cm³/mol. The van der Waals surface area contributed by atoms with Gasteiger partial charge in [-0.15, -0.1) is 0 Å². The van der Waals surface area contributed by atoms with E-state index in [4.69, 9.17) is 11.0 Å². The summed E-state index contributed by atoms with van der Waals surface area (Å²) in [7, 11) is 1.91. The summed E-state index contributed by atoms with van der Waals surface area (Å²) in [6.45, 7) is 2.59. The lowest BCUT2D eigenvalue weighted by molar-refractivity contribution is 0.858. The zero-order valence-corrected chi connectivity index (χ0v) is 11.0. The first-order valence-corrected chi connectivity index (χ1v) is 5.90. The fourth-order valence-electron chi connectivity index (χ4n) is 1.77. The van der Waals surface area contributed by atoms with Gasteiger partial charge in [0.05, 0.1) is 17.9 Å². The average molecular weight is 253 g/mol. The molecule has 0 atom stereocenters. The van der Waals surface area contributed by atoms with Crippen molar-refractivity contribution in [2.45, 2.75) is 13.5 Å². The Hall–Kier alpha value is -2.61. The molecule has 2 aromatic rings. The van der Waals surface area contributed by atoms with Crippen LogP contribution in [0.1, 0.15) is 17.1 Å². The fourth-order valence-corrected chi connectivity index (χ4v) is 1.77. The highest BCUT2D eigenvalue weighted by molar-refractivity contribution is 5.55. The van der Waals surface area contributed by atoms with E-state index in [-0.39, 0.29) is 5.69 Å². The Bertz CT molecular complexity index is 630. The molecule has 0 aromatic carbocycles. The number of hydrogen-bond acceptors (Lipinski definition) is 5. The van der Waals surface area contributed by atoms with Gasteiger partial charge in [-0.2, -0.15) is 5.26 Å². The molecule has 0 bridgehead atoms. The van der Waals surface area contributed by atoms with E-state index in [2.05, 4.69) is 9.97 Å². The largest absolute Gasteiger partial charge is 0.396 e. The van der Waals surface area contributed by atoms with Crippen LogP contribution >= 0.6 is 0 Å². The second-order valence-corrected chi connectivity index (χ2v) is 4.35. The summed E-state index contributed by atoms with van der Waals surface area (Å²) in [5.41, 5.74) is 8.24. The van der Waals surface area contributed by atoms with Gasteiger partial charge in [0.2, 0.25) is 0 Å². The number of anilines is 2. The van der Waals surface area contributed by atoms with Crippen molar-refractivity contribution in [1.82, 2.24) is 9.97 Å². The van der Waals surface area contributed by atoms with Crippen molar-refractivity contribution in [2.75, 3.05) is 17.7 Å². The minimum absolute atomic E-state index is 0.251. The van der Waals surface area contributed by atoms with Crippen LogP contribution in [0.5, 0.6) is 0 Å². The molecule has 0 saturated carbocycles. The lowest BCUT2D eigenvalue weighted by atomic mass is 10.3. The van der Waals surface area contributed by atoms with Crippen molar-refractivity contribution in [1.29, 1.82) is 5.26 Å². The Morgan fingerprint density at radius 2 is 2.05 bits per heavy atom. The van der Waals surface area contributed by atoms with Gasteiger partial charge < -0.3 is 10.6 Å². The standard InChI is InChI=1S/C14H15N5/c1-10-4-3-5-11(17-10)9-19(2)14-7-6-12(16)13(8-15)18-14/h3-7H,9,16H2,1-2H3. The molecule has 0 spiro atoms. The summed E-state index contributed by atoms with van der Waals surface area (Å²) in [6.07, 6.45) is 0. The third kappa shape index (κ3) is 2.99. The van der Waals surface area contributed by atoms with Crippen LogP contribution in [0.4, 0.5) is 11.5 Å². The minimum Gasteiger partial charge on any atom is -0.396 e. The van der Waals surface area contributed by atoms with Crippen molar-refractivity contribution in [2.24, 2.45) is 0 Å². The van der Waals surface area contributed by atoms with Crippen LogP contribution < -0.4 is 10.6 Å². The molecule has 0 aliphatic rings. The number of aromatic nitrogens is 2. The van der Waals surface area contributed by atoms with Gasteiger partial charge in [0.15, 0.2) is 5.69 Å². The summed E-state index contributed by atoms with van der Waals surface area (Å²) >= 11 is 0. The van der Waals surface area contributed by atoms with E-state index in [1.807, 2.05) is 43.1 Å². The van der Waals surface area contributed by atoms with Gasteiger partial charge >= 0.3 is 0 Å². The smallest absolute Gasteiger partial charge is 0.165 e. The molecule has 0 aliphatic heterocycles. The molecule has 19 heavy (non-hydrogen) atoms. The Labute approximate surface area is 112 Å². The highest BCUT2D eigenvalue weighted by Gasteiger charge is 2.07. The van der Waals surface area contributed by atoms with Crippen molar-refractivity contribution >= 4 is 11.5 Å². The normalized spacial score (nSPS) is 9.95. The fraction of sp³-hybridized carbons (Fsp3) is 0.214. The number of nitrogens with zero attached hydrogens (tertiary/aromatic N) is 4. The van der Waals surface area contributed by atoms with E-state index in [9.17, 15) is 0 Å². The maximum Gasteiger partial charge on any atom is 0.165 e. The molecule has 0 radical (unpaired) electrons. The first-order chi connectivity index (χ1) is 9.10. The number of hydrogen-bond donors (Lipinski definition) is 1. The van der Waals surface area contributed by atoms with E-state index in [1.165, 1.54) is 0 Å². The monoisotopic (exact) mass is 253 g/mol. The Balaban J connectivity index is 2.21. The number of nitrogen functional groups attached to an aromatic ring is 1. The summed E-state index contributed by atoms with van der Waals surface area (Å²) in [5, 5.41) is 8.93. The van der Waals surface area contributed by atoms with Gasteiger partial charge in [0.1, 0.15) is 11.9 Å². The molecule has 2 heterocycles. The number of rotatable bonds is 3. The van der Waals surface area contributed by atoms with E-state index in [0.29, 0.717) is 18.1 Å². The second-order valence-electron chi connectivity index (χ2n) is 4.35. The Morgan fingerprint density at radius 3 is 2.74 bits per heavy atom. The van der Waals surface area contributed by atoms with E-state index in [1.54, 1.807) is 12.1 Å². The van der Waals surface area contributed by atoms with Crippen LogP contribution in [0, 0.1) is 18.3 Å². The first-order valence-electron chi connectivity index (χ1n) is 5.90. The number of nitriles is 1. The van der Waals surface area contributed by atoms with Crippen molar-refractivity contribution in [3.05, 3.63) is 47.4 Å². The maximum absolute atomic E-state index is 8.93. The molecule has 2 aromatic heterocycles. The zero-order valence-electron chi connectivity index (χ0n) is 11.0. The molecule has 0 aliphatic carbocycles. The van der Waals surface area contributed by atoms with Gasteiger partial charge in [0, 0.05) is 12.7 Å². The SMILES string of the molecule is Cc1cccc(CN(C)c2ccc(N)c(C#N)n2)n1. The van der Waals surface area contributed by atoms with E-state index < -0.39 is 0 Å². The van der Waals surface area contributed by atoms with Gasteiger partial charge in [-0.25, -0.2) is 4.98 Å². The van der Waals surface area contributed by atoms with Gasteiger partial charge in [-0.1, -0.05) is 6.07 Å². The lowest BCUT2D eigenvalue weighted by Gasteiger charge is -2.18. The molecule has 5 heteroatoms. The summed E-state index contributed by atoms with van der Waals surface area (Å²) in [6, 6.07) is 11.4. The molecular formula is C14H15N5. The maximum atomic E-state index is 8.93. The van der Waals surface area contributed by atoms with Crippen molar-refractivity contribution in [3.63, 3.8) is 0 Å². The Morgan fingerprint density at radius 1 is 1.26 bits per heavy atom. The van der Waals surface area contributed by atoms with E-state index >= 15 is 0 Å². The number of aryl methyl sites for hydroxylation is 1. The van der Waals surface area contributed by atoms with Crippen LogP contribution in [-0.2, 0) is 6.54 Å². The van der Waals surface area contributed by atoms with Crippen molar-refractivity contribution in [3.8, 4) is 6.07 Å². The van der Waals surface area contributed by atoms with E-state index in [0.717, 1.165) is 11.4 Å². The molecule has 0 amide bonds. The van der Waals surface area contributed by atoms with Crippen LogP contribution in [0.3, 0.4) is 0 Å². The Kier molecular flexibility index (Phi) is 3.62. The molecule has 5 nitrogen and oxygen atoms in total. The quantitative estimate of drug-likeness (QED) is 0.903. The topological polar surface area (TPSA) is 78.8 Å². The molecule has 2 rings (SSSR count). The summed E-state index contributed by atoms with van der Waals surface area (Å²) in [5.74, 6) is 0.703. The van der Waals surface area contributed by atoms with Crippen LogP contribution in [-0.4, -0.2) is 17.0 Å². The highest BCUT2D eigenvalue weighted by atomic mass is 15.2. The molecule has 0 fully saturated rings. The second kappa shape index (κ2) is 5.36. The minimum atomic E-state index is 0.251. The zero-order chi connectivity index (χ0) is 13.8. The molecule has 0 unspecified atom stereocenters. The first kappa shape index (κ1) is 12.8. The van der Waals surface area contributed by atoms with Gasteiger partial charge in [-0.05, 0) is 31.2 Å². The average Bonchev–Trinajstić information content (AvgIpc) is 2.39. The van der Waals surface area contributed by atoms with Gasteiger partial charge in [-0.3, -0.25) is 4.98 Å². The molecule has 2 N–H and O–H groups in total. The van der Waals surface area contributed by atoms with Crippen LogP contribution in [0.2, 0.25) is 0 Å². The van der Waals surface area contributed by atoms with Crippen LogP contribution in [0.15, 0.2) is 30.3 Å². The summed E-state index contributed by atoms with van der Waals surface area (Å²) in [4.78, 5) is 10.6. The predicted octanol–water partition coefficient (Wildman–Crippen LogP) is 1.88. The van der Waals surface area contributed by atoms with Crippen molar-refractivity contribution < 1.29 is 0 Å². The number of nitrogens with two attached hydrogens (primary N) is 1. The molecule has 0 saturated heterocycles. The lowest BCUT2D eigenvalue weighted by Crippen LogP contribution is -2.19. The van der Waals surface area contributed by atoms with Crippen LogP contribution in [0.25, 0.3) is 0 Å². The third-order valence-corrected chi connectivity index (χ3v) is 2.75. The molecule has 96 valence electrons.